The number of rotatable bonds is 2. The van der Waals surface area contributed by atoms with Crippen LogP contribution in [-0.4, -0.2) is 31.0 Å². The molecule has 0 bridgehead atoms. The van der Waals surface area contributed by atoms with Crippen LogP contribution in [0.3, 0.4) is 0 Å². The van der Waals surface area contributed by atoms with Crippen molar-refractivity contribution in [1.82, 2.24) is 5.32 Å². The molecule has 5 heteroatoms. The molecule has 2 aliphatic heterocycles. The summed E-state index contributed by atoms with van der Waals surface area (Å²) in [5.74, 6) is 1.98. The van der Waals surface area contributed by atoms with Crippen molar-refractivity contribution in [3.8, 4) is 5.75 Å². The van der Waals surface area contributed by atoms with E-state index < -0.39 is 0 Å². The molecule has 4 rings (SSSR count). The Morgan fingerprint density at radius 1 is 1.12 bits per heavy atom. The second-order valence-electron chi connectivity index (χ2n) is 7.66. The molecule has 134 valence electrons. The van der Waals surface area contributed by atoms with Crippen molar-refractivity contribution in [2.24, 2.45) is 5.92 Å². The third-order valence-corrected chi connectivity index (χ3v) is 5.95. The molecule has 1 N–H and O–H groups in total. The van der Waals surface area contributed by atoms with Gasteiger partial charge in [0.1, 0.15) is 18.4 Å². The molecule has 2 amide bonds. The van der Waals surface area contributed by atoms with Crippen molar-refractivity contribution in [3.05, 3.63) is 23.8 Å². The van der Waals surface area contributed by atoms with E-state index in [1.807, 2.05) is 6.07 Å². The van der Waals surface area contributed by atoms with Gasteiger partial charge in [-0.25, -0.2) is 0 Å². The number of hydrogen-bond acceptors (Lipinski definition) is 4. The minimum absolute atomic E-state index is 0.167. The highest BCUT2D eigenvalue weighted by Crippen LogP contribution is 2.45. The van der Waals surface area contributed by atoms with E-state index in [2.05, 4.69) is 29.3 Å². The minimum Gasteiger partial charge on any atom is -0.489 e. The van der Waals surface area contributed by atoms with Gasteiger partial charge in [0.2, 0.25) is 11.8 Å². The van der Waals surface area contributed by atoms with Crippen molar-refractivity contribution in [2.75, 3.05) is 18.1 Å². The molecule has 1 unspecified atom stereocenters. The van der Waals surface area contributed by atoms with Gasteiger partial charge in [-0.3, -0.25) is 14.9 Å². The maximum Gasteiger partial charge on any atom is 0.249 e. The first-order valence-corrected chi connectivity index (χ1v) is 9.49. The van der Waals surface area contributed by atoms with Gasteiger partial charge in [0.25, 0.3) is 0 Å². The van der Waals surface area contributed by atoms with Crippen LogP contribution in [-0.2, 0) is 9.59 Å². The first-order valence-electron chi connectivity index (χ1n) is 9.49. The number of benzene rings is 1. The monoisotopic (exact) mass is 342 g/mol. The number of nitrogens with zero attached hydrogens (tertiary/aromatic N) is 1. The van der Waals surface area contributed by atoms with E-state index >= 15 is 0 Å². The predicted molar refractivity (Wildman–Crippen MR) is 95.8 cm³/mol. The Labute approximate surface area is 148 Å². The molecule has 1 aromatic rings. The highest BCUT2D eigenvalue weighted by molar-refractivity contribution is 6.01. The zero-order valence-corrected chi connectivity index (χ0v) is 14.8. The third kappa shape index (κ3) is 3.12. The average molecular weight is 342 g/mol. The Morgan fingerprint density at radius 3 is 2.68 bits per heavy atom. The fourth-order valence-corrected chi connectivity index (χ4v) is 4.49. The van der Waals surface area contributed by atoms with E-state index in [1.165, 1.54) is 31.2 Å². The third-order valence-electron chi connectivity index (χ3n) is 5.95. The summed E-state index contributed by atoms with van der Waals surface area (Å²) >= 11 is 0. The second kappa shape index (κ2) is 6.70. The Kier molecular flexibility index (Phi) is 4.40. The number of fused-ring (bicyclic) bond motifs is 1. The highest BCUT2D eigenvalue weighted by Gasteiger charge is 2.36. The number of imide groups is 1. The zero-order chi connectivity index (χ0) is 17.4. The Hall–Kier alpha value is -2.04. The van der Waals surface area contributed by atoms with Crippen LogP contribution >= 0.6 is 0 Å². The molecular formula is C20H26N2O3. The number of piperidine rings is 1. The summed E-state index contributed by atoms with van der Waals surface area (Å²) < 4.78 is 6.07. The number of para-hydroxylation sites is 1. The standard InChI is InChI=1S/C20H26N2O3/c1-13-5-7-14(8-6-13)15-3-2-4-16-19(15)25-12-11-22(16)17-9-10-18(23)21-20(17)24/h2-4,13-14,17H,5-12H2,1H3,(H,21,23,24). The van der Waals surface area contributed by atoms with E-state index in [9.17, 15) is 9.59 Å². The summed E-state index contributed by atoms with van der Waals surface area (Å²) in [7, 11) is 0. The lowest BCUT2D eigenvalue weighted by Crippen LogP contribution is -2.54. The number of nitrogens with one attached hydrogen (secondary N) is 1. The maximum absolute atomic E-state index is 12.3. The largest absolute Gasteiger partial charge is 0.489 e. The van der Waals surface area contributed by atoms with E-state index in [0.717, 1.165) is 17.4 Å². The summed E-state index contributed by atoms with van der Waals surface area (Å²) in [4.78, 5) is 25.9. The van der Waals surface area contributed by atoms with Crippen LogP contribution in [0.1, 0.15) is 56.9 Å². The van der Waals surface area contributed by atoms with E-state index in [0.29, 0.717) is 31.9 Å². The zero-order valence-electron chi connectivity index (χ0n) is 14.8. The minimum atomic E-state index is -0.276. The van der Waals surface area contributed by atoms with Gasteiger partial charge in [-0.2, -0.15) is 0 Å². The van der Waals surface area contributed by atoms with Gasteiger partial charge in [0, 0.05) is 6.42 Å². The van der Waals surface area contributed by atoms with Gasteiger partial charge in [0.15, 0.2) is 0 Å². The van der Waals surface area contributed by atoms with Crippen molar-refractivity contribution in [1.29, 1.82) is 0 Å². The normalized spacial score (nSPS) is 29.6. The first kappa shape index (κ1) is 16.4. The molecule has 1 saturated carbocycles. The molecule has 2 heterocycles. The number of hydrogen-bond donors (Lipinski definition) is 1. The SMILES string of the molecule is CC1CCC(c2cccc3c2OCCN3C2CCC(=O)NC2=O)CC1. The van der Waals surface area contributed by atoms with Gasteiger partial charge in [-0.05, 0) is 42.7 Å². The molecule has 1 atom stereocenters. The molecule has 2 fully saturated rings. The number of carbonyl (C=O) groups excluding carboxylic acids is 2. The quantitative estimate of drug-likeness (QED) is 0.840. The van der Waals surface area contributed by atoms with Gasteiger partial charge >= 0.3 is 0 Å². The number of ether oxygens (including phenoxy) is 1. The van der Waals surface area contributed by atoms with Crippen molar-refractivity contribution >= 4 is 17.5 Å². The van der Waals surface area contributed by atoms with Crippen LogP contribution in [0.4, 0.5) is 5.69 Å². The number of anilines is 1. The molecule has 0 aromatic heterocycles. The fourth-order valence-electron chi connectivity index (χ4n) is 4.49. The number of amides is 2. The highest BCUT2D eigenvalue weighted by atomic mass is 16.5. The fraction of sp³-hybridized carbons (Fsp3) is 0.600. The van der Waals surface area contributed by atoms with Crippen molar-refractivity contribution < 1.29 is 14.3 Å². The van der Waals surface area contributed by atoms with E-state index in [4.69, 9.17) is 4.74 Å². The van der Waals surface area contributed by atoms with Crippen molar-refractivity contribution in [3.63, 3.8) is 0 Å². The van der Waals surface area contributed by atoms with E-state index in [1.54, 1.807) is 0 Å². The van der Waals surface area contributed by atoms with Crippen LogP contribution in [0, 0.1) is 5.92 Å². The summed E-state index contributed by atoms with van der Waals surface area (Å²) in [5, 5.41) is 2.48. The molecule has 3 aliphatic rings. The Morgan fingerprint density at radius 2 is 1.92 bits per heavy atom. The lowest BCUT2D eigenvalue weighted by Gasteiger charge is -2.39. The van der Waals surface area contributed by atoms with Gasteiger partial charge < -0.3 is 9.64 Å². The lowest BCUT2D eigenvalue weighted by molar-refractivity contribution is -0.134. The molecule has 1 aromatic carbocycles. The first-order chi connectivity index (χ1) is 12.1. The summed E-state index contributed by atoms with van der Waals surface area (Å²) in [6, 6.07) is 6.04. The van der Waals surface area contributed by atoms with Crippen LogP contribution in [0.25, 0.3) is 0 Å². The molecule has 0 radical (unpaired) electrons. The molecule has 5 nitrogen and oxygen atoms in total. The van der Waals surface area contributed by atoms with Crippen molar-refractivity contribution in [2.45, 2.75) is 57.4 Å². The van der Waals surface area contributed by atoms with Crippen LogP contribution in [0.2, 0.25) is 0 Å². The average Bonchev–Trinajstić information content (AvgIpc) is 2.62. The van der Waals surface area contributed by atoms with Crippen LogP contribution in [0.5, 0.6) is 5.75 Å². The van der Waals surface area contributed by atoms with Gasteiger partial charge in [-0.1, -0.05) is 31.9 Å². The maximum atomic E-state index is 12.3. The number of carbonyl (C=O) groups is 2. The lowest BCUT2D eigenvalue weighted by atomic mass is 9.79. The Bertz CT molecular complexity index is 680. The Balaban J connectivity index is 1.63. The summed E-state index contributed by atoms with van der Waals surface area (Å²) in [6.07, 6.45) is 5.94. The molecule has 25 heavy (non-hydrogen) atoms. The summed E-state index contributed by atoms with van der Waals surface area (Å²) in [5.41, 5.74) is 2.30. The smallest absolute Gasteiger partial charge is 0.249 e. The molecule has 1 saturated heterocycles. The topological polar surface area (TPSA) is 58.6 Å². The molecule has 1 aliphatic carbocycles. The predicted octanol–water partition coefficient (Wildman–Crippen LogP) is 2.98. The molecule has 0 spiro atoms. The summed E-state index contributed by atoms with van der Waals surface area (Å²) in [6.45, 7) is 3.60. The van der Waals surface area contributed by atoms with E-state index in [-0.39, 0.29) is 17.9 Å². The van der Waals surface area contributed by atoms with Gasteiger partial charge in [-0.15, -0.1) is 0 Å². The second-order valence-corrected chi connectivity index (χ2v) is 7.66. The van der Waals surface area contributed by atoms with Crippen LogP contribution < -0.4 is 15.0 Å². The van der Waals surface area contributed by atoms with Gasteiger partial charge in [0.05, 0.1) is 12.2 Å². The van der Waals surface area contributed by atoms with Crippen LogP contribution in [0.15, 0.2) is 18.2 Å². The molecular weight excluding hydrogens is 316 g/mol.